The molecule has 104 valence electrons. The maximum absolute atomic E-state index is 12.2. The zero-order valence-electron chi connectivity index (χ0n) is 11.3. The summed E-state index contributed by atoms with van der Waals surface area (Å²) in [5.41, 5.74) is 1.58. The van der Waals surface area contributed by atoms with E-state index in [0.717, 1.165) is 31.4 Å². The Hall–Kier alpha value is -1.26. The Morgan fingerprint density at radius 3 is 2.89 bits per heavy atom. The molecule has 0 bridgehead atoms. The van der Waals surface area contributed by atoms with E-state index in [1.54, 1.807) is 13.2 Å². The number of benzene rings is 1. The minimum atomic E-state index is -0.116. The molecule has 0 spiro atoms. The zero-order chi connectivity index (χ0) is 13.8. The second-order valence-corrected chi connectivity index (χ2v) is 5.20. The number of rotatable bonds is 3. The normalized spacial score (nSPS) is 19.0. The van der Waals surface area contributed by atoms with Crippen LogP contribution in [-0.4, -0.2) is 25.6 Å². The van der Waals surface area contributed by atoms with E-state index in [-0.39, 0.29) is 11.9 Å². The summed E-state index contributed by atoms with van der Waals surface area (Å²) >= 11 is 6.04. The van der Waals surface area contributed by atoms with Crippen LogP contribution < -0.4 is 15.4 Å². The predicted octanol–water partition coefficient (Wildman–Crippen LogP) is 2.74. The highest BCUT2D eigenvalue weighted by Gasteiger charge is 2.21. The highest BCUT2D eigenvalue weighted by molar-refractivity contribution is 6.31. The number of ether oxygens (including phenoxy) is 1. The van der Waals surface area contributed by atoms with Gasteiger partial charge in [0.2, 0.25) is 5.91 Å². The number of halogens is 1. The quantitative estimate of drug-likeness (QED) is 0.896. The molecular weight excluding hydrogens is 264 g/mol. The molecule has 1 fully saturated rings. The van der Waals surface area contributed by atoms with Crippen LogP contribution in [-0.2, 0) is 4.79 Å². The second kappa shape index (κ2) is 6.26. The highest BCUT2D eigenvalue weighted by atomic mass is 35.5. The maximum Gasteiger partial charge on any atom is 0.241 e. The third-order valence-corrected chi connectivity index (χ3v) is 3.77. The van der Waals surface area contributed by atoms with Crippen molar-refractivity contribution in [2.45, 2.75) is 32.2 Å². The standard InChI is InChI=1S/C14H19ClN2O2/c1-9-7-12(13(19-2)8-10(9)15)17-14(18)11-5-3-4-6-16-11/h7-8,11,16H,3-6H2,1-2H3,(H,17,18). The van der Waals surface area contributed by atoms with Gasteiger partial charge in [-0.25, -0.2) is 0 Å². The van der Waals surface area contributed by atoms with Crippen molar-refractivity contribution in [3.05, 3.63) is 22.7 Å². The van der Waals surface area contributed by atoms with Gasteiger partial charge in [0.25, 0.3) is 0 Å². The summed E-state index contributed by atoms with van der Waals surface area (Å²) in [4.78, 5) is 12.2. The van der Waals surface area contributed by atoms with Crippen molar-refractivity contribution in [3.63, 3.8) is 0 Å². The third-order valence-electron chi connectivity index (χ3n) is 3.37. The first kappa shape index (κ1) is 14.2. The molecule has 0 aromatic heterocycles. The molecule has 0 saturated carbocycles. The fourth-order valence-corrected chi connectivity index (χ4v) is 2.38. The first-order valence-corrected chi connectivity index (χ1v) is 6.88. The van der Waals surface area contributed by atoms with Crippen molar-refractivity contribution in [1.82, 2.24) is 5.32 Å². The molecule has 1 unspecified atom stereocenters. The molecule has 5 heteroatoms. The van der Waals surface area contributed by atoms with Crippen LogP contribution in [0.2, 0.25) is 5.02 Å². The second-order valence-electron chi connectivity index (χ2n) is 4.79. The van der Waals surface area contributed by atoms with E-state index in [1.165, 1.54) is 0 Å². The zero-order valence-corrected chi connectivity index (χ0v) is 12.0. The van der Waals surface area contributed by atoms with E-state index in [2.05, 4.69) is 10.6 Å². The van der Waals surface area contributed by atoms with Crippen LogP contribution in [0, 0.1) is 6.92 Å². The fourth-order valence-electron chi connectivity index (χ4n) is 2.23. The van der Waals surface area contributed by atoms with Crippen molar-refractivity contribution in [2.75, 3.05) is 19.0 Å². The number of carbonyl (C=O) groups excluding carboxylic acids is 1. The number of anilines is 1. The van der Waals surface area contributed by atoms with Gasteiger partial charge in [0.1, 0.15) is 5.75 Å². The summed E-state index contributed by atoms with van der Waals surface area (Å²) in [6, 6.07) is 3.44. The van der Waals surface area contributed by atoms with Crippen LogP contribution in [0.1, 0.15) is 24.8 Å². The molecule has 1 aliphatic heterocycles. The predicted molar refractivity (Wildman–Crippen MR) is 77.0 cm³/mol. The van der Waals surface area contributed by atoms with E-state index < -0.39 is 0 Å². The summed E-state index contributed by atoms with van der Waals surface area (Å²) < 4.78 is 5.25. The minimum absolute atomic E-state index is 0.0141. The van der Waals surface area contributed by atoms with Crippen LogP contribution in [0.4, 0.5) is 5.69 Å². The number of carbonyl (C=O) groups is 1. The molecule has 2 rings (SSSR count). The van der Waals surface area contributed by atoms with Gasteiger partial charge in [-0.2, -0.15) is 0 Å². The molecule has 0 aliphatic carbocycles. The molecule has 1 aromatic rings. The van der Waals surface area contributed by atoms with Crippen LogP contribution in [0.5, 0.6) is 5.75 Å². The van der Waals surface area contributed by atoms with E-state index in [0.29, 0.717) is 16.5 Å². The van der Waals surface area contributed by atoms with Crippen molar-refractivity contribution in [2.24, 2.45) is 0 Å². The summed E-state index contributed by atoms with van der Waals surface area (Å²) in [5, 5.41) is 6.77. The van der Waals surface area contributed by atoms with E-state index >= 15 is 0 Å². The van der Waals surface area contributed by atoms with Crippen molar-refractivity contribution < 1.29 is 9.53 Å². The van der Waals surface area contributed by atoms with E-state index in [4.69, 9.17) is 16.3 Å². The number of nitrogens with one attached hydrogen (secondary N) is 2. The third kappa shape index (κ3) is 3.39. The Kier molecular flexibility index (Phi) is 4.66. The average Bonchev–Trinajstić information content (AvgIpc) is 2.43. The van der Waals surface area contributed by atoms with Crippen molar-refractivity contribution >= 4 is 23.2 Å². The van der Waals surface area contributed by atoms with Gasteiger partial charge in [-0.1, -0.05) is 18.0 Å². The summed E-state index contributed by atoms with van der Waals surface area (Å²) in [7, 11) is 1.56. The lowest BCUT2D eigenvalue weighted by atomic mass is 10.0. The van der Waals surface area contributed by atoms with E-state index in [9.17, 15) is 4.79 Å². The van der Waals surface area contributed by atoms with Gasteiger partial charge >= 0.3 is 0 Å². The lowest BCUT2D eigenvalue weighted by molar-refractivity contribution is -0.118. The van der Waals surface area contributed by atoms with Crippen molar-refractivity contribution in [1.29, 1.82) is 0 Å². The van der Waals surface area contributed by atoms with E-state index in [1.807, 2.05) is 13.0 Å². The van der Waals surface area contributed by atoms with Gasteiger partial charge in [-0.3, -0.25) is 4.79 Å². The molecule has 1 atom stereocenters. The minimum Gasteiger partial charge on any atom is -0.495 e. The number of aryl methyl sites for hydroxylation is 1. The summed E-state index contributed by atoms with van der Waals surface area (Å²) in [5.74, 6) is 0.569. The summed E-state index contributed by atoms with van der Waals surface area (Å²) in [6.07, 6.45) is 3.09. The maximum atomic E-state index is 12.2. The number of hydrogen-bond acceptors (Lipinski definition) is 3. The monoisotopic (exact) mass is 282 g/mol. The Morgan fingerprint density at radius 2 is 2.26 bits per heavy atom. The Morgan fingerprint density at radius 1 is 1.47 bits per heavy atom. The van der Waals surface area contributed by atoms with Gasteiger partial charge in [0.15, 0.2) is 0 Å². The molecule has 1 saturated heterocycles. The Labute approximate surface area is 118 Å². The average molecular weight is 283 g/mol. The Bertz CT molecular complexity index is 471. The van der Waals surface area contributed by atoms with Crippen LogP contribution in [0.15, 0.2) is 12.1 Å². The molecular formula is C14H19ClN2O2. The van der Waals surface area contributed by atoms with Gasteiger partial charge in [-0.15, -0.1) is 0 Å². The SMILES string of the molecule is COc1cc(Cl)c(C)cc1NC(=O)C1CCCCN1. The smallest absolute Gasteiger partial charge is 0.241 e. The van der Waals surface area contributed by atoms with Crippen molar-refractivity contribution in [3.8, 4) is 5.75 Å². The topological polar surface area (TPSA) is 50.4 Å². The van der Waals surface area contributed by atoms with Gasteiger partial charge in [-0.05, 0) is 37.9 Å². The number of hydrogen-bond donors (Lipinski definition) is 2. The van der Waals surface area contributed by atoms with Gasteiger partial charge < -0.3 is 15.4 Å². The molecule has 19 heavy (non-hydrogen) atoms. The molecule has 1 aliphatic rings. The Balaban J connectivity index is 2.13. The first-order valence-electron chi connectivity index (χ1n) is 6.50. The van der Waals surface area contributed by atoms with Crippen LogP contribution >= 0.6 is 11.6 Å². The lowest BCUT2D eigenvalue weighted by Crippen LogP contribution is -2.43. The number of amides is 1. The largest absolute Gasteiger partial charge is 0.495 e. The molecule has 2 N–H and O–H groups in total. The highest BCUT2D eigenvalue weighted by Crippen LogP contribution is 2.31. The lowest BCUT2D eigenvalue weighted by Gasteiger charge is -2.23. The van der Waals surface area contributed by atoms with Crippen LogP contribution in [0.3, 0.4) is 0 Å². The van der Waals surface area contributed by atoms with Crippen LogP contribution in [0.25, 0.3) is 0 Å². The number of piperidine rings is 1. The number of methoxy groups -OCH3 is 1. The molecule has 4 nitrogen and oxygen atoms in total. The summed E-state index contributed by atoms with van der Waals surface area (Å²) in [6.45, 7) is 2.80. The van der Waals surface area contributed by atoms with Gasteiger partial charge in [0, 0.05) is 11.1 Å². The van der Waals surface area contributed by atoms with Gasteiger partial charge in [0.05, 0.1) is 18.8 Å². The molecule has 1 aromatic carbocycles. The molecule has 1 amide bonds. The first-order chi connectivity index (χ1) is 9.11. The fraction of sp³-hybridized carbons (Fsp3) is 0.500. The molecule has 1 heterocycles. The molecule has 0 radical (unpaired) electrons.